The van der Waals surface area contributed by atoms with E-state index in [1.807, 2.05) is 0 Å². The summed E-state index contributed by atoms with van der Waals surface area (Å²) in [6.07, 6.45) is 36.2. The van der Waals surface area contributed by atoms with Crippen LogP contribution in [0.3, 0.4) is 0 Å². The number of fused-ring (bicyclic) bond motifs is 5. The van der Waals surface area contributed by atoms with Crippen molar-refractivity contribution in [2.24, 2.45) is 46.3 Å². The lowest BCUT2D eigenvalue weighted by molar-refractivity contribution is -0.147. The Labute approximate surface area is 328 Å². The van der Waals surface area contributed by atoms with Gasteiger partial charge in [0.25, 0.3) is 0 Å². The van der Waals surface area contributed by atoms with Crippen molar-refractivity contribution in [2.45, 2.75) is 227 Å². The molecule has 4 aliphatic rings. The normalized spacial score (nSPS) is 30.4. The second kappa shape index (κ2) is 24.7. The molecular formula is C48H88O5. The second-order valence-electron chi connectivity index (χ2n) is 19.4. The first-order valence-electron chi connectivity index (χ1n) is 23.3. The largest absolute Gasteiger partial charge is 0.463 e. The van der Waals surface area contributed by atoms with Gasteiger partial charge in [0.15, 0.2) is 0 Å². The number of hydrogen-bond acceptors (Lipinski definition) is 5. The van der Waals surface area contributed by atoms with Crippen molar-refractivity contribution in [2.75, 3.05) is 13.2 Å². The van der Waals surface area contributed by atoms with Crippen molar-refractivity contribution in [1.82, 2.24) is 0 Å². The Kier molecular flexibility index (Phi) is 21.6. The van der Waals surface area contributed by atoms with Crippen LogP contribution in [0.2, 0.25) is 0 Å². The summed E-state index contributed by atoms with van der Waals surface area (Å²) in [5.41, 5.74) is 2.60. The molecule has 3 N–H and O–H groups in total. The number of allylic oxidation sites excluding steroid dienone is 1. The Morgan fingerprint density at radius 1 is 0.792 bits per heavy atom. The van der Waals surface area contributed by atoms with Crippen molar-refractivity contribution in [3.63, 3.8) is 0 Å². The lowest BCUT2D eigenvalue weighted by Gasteiger charge is -2.58. The predicted molar refractivity (Wildman–Crippen MR) is 223 cm³/mol. The number of unbranched alkanes of at least 4 members (excludes halogenated alkanes) is 14. The molecule has 4 aliphatic carbocycles. The van der Waals surface area contributed by atoms with Gasteiger partial charge in [-0.1, -0.05) is 162 Å². The highest BCUT2D eigenvalue weighted by Crippen LogP contribution is 2.67. The molecule has 0 aromatic rings. The summed E-state index contributed by atoms with van der Waals surface area (Å²) in [5, 5.41) is 27.9. The van der Waals surface area contributed by atoms with E-state index in [2.05, 4.69) is 47.6 Å². The highest BCUT2D eigenvalue weighted by Gasteiger charge is 2.59. The van der Waals surface area contributed by atoms with Crippen LogP contribution >= 0.6 is 0 Å². The summed E-state index contributed by atoms with van der Waals surface area (Å²) in [7, 11) is 0. The predicted octanol–water partition coefficient (Wildman–Crippen LogP) is 12.5. The molecule has 0 heterocycles. The fourth-order valence-corrected chi connectivity index (χ4v) is 11.6. The van der Waals surface area contributed by atoms with Gasteiger partial charge in [-0.2, -0.15) is 0 Å². The SMILES string of the molecule is CC(C)CCC[C@@H](C)[C@H]1CC[C@H]2[C@@H]3CC=C4CC(O)CC[C@]4(C)[C@H]3CC[C@]12C.CCCCCCCCCCCCCCCCCC(=O)OCC(O)CO. The van der Waals surface area contributed by atoms with E-state index in [4.69, 9.17) is 14.9 Å². The van der Waals surface area contributed by atoms with E-state index in [-0.39, 0.29) is 25.3 Å². The van der Waals surface area contributed by atoms with Gasteiger partial charge in [-0.25, -0.2) is 0 Å². The highest BCUT2D eigenvalue weighted by atomic mass is 16.5. The van der Waals surface area contributed by atoms with E-state index in [1.54, 1.807) is 5.57 Å². The molecule has 0 aliphatic heterocycles. The van der Waals surface area contributed by atoms with Gasteiger partial charge in [-0.15, -0.1) is 0 Å². The molecular weight excluding hydrogens is 657 g/mol. The van der Waals surface area contributed by atoms with Crippen LogP contribution in [0.1, 0.15) is 215 Å². The van der Waals surface area contributed by atoms with Crippen LogP contribution in [0.25, 0.3) is 0 Å². The molecule has 9 atom stereocenters. The Hall–Kier alpha value is -0.910. The minimum atomic E-state index is -0.954. The topological polar surface area (TPSA) is 87.0 Å². The van der Waals surface area contributed by atoms with Crippen LogP contribution in [0.4, 0.5) is 0 Å². The van der Waals surface area contributed by atoms with Gasteiger partial charge >= 0.3 is 5.97 Å². The molecule has 0 bridgehead atoms. The fraction of sp³-hybridized carbons (Fsp3) is 0.938. The summed E-state index contributed by atoms with van der Waals surface area (Å²) in [6.45, 7) is 14.4. The smallest absolute Gasteiger partial charge is 0.305 e. The zero-order chi connectivity index (χ0) is 38.7. The third-order valence-electron chi connectivity index (χ3n) is 14.9. The van der Waals surface area contributed by atoms with E-state index in [9.17, 15) is 9.90 Å². The monoisotopic (exact) mass is 745 g/mol. The van der Waals surface area contributed by atoms with E-state index in [0.717, 1.165) is 61.2 Å². The Balaban J connectivity index is 0.000000288. The number of ether oxygens (including phenoxy) is 1. The molecule has 310 valence electrons. The van der Waals surface area contributed by atoms with E-state index >= 15 is 0 Å². The molecule has 0 saturated heterocycles. The fourth-order valence-electron chi connectivity index (χ4n) is 11.6. The van der Waals surface area contributed by atoms with Crippen LogP contribution in [-0.4, -0.2) is 46.7 Å². The summed E-state index contributed by atoms with van der Waals surface area (Å²) >= 11 is 0. The number of rotatable bonds is 24. The molecule has 3 fully saturated rings. The quantitative estimate of drug-likeness (QED) is 0.0520. The van der Waals surface area contributed by atoms with Gasteiger partial charge in [-0.05, 0) is 104 Å². The Morgan fingerprint density at radius 2 is 1.40 bits per heavy atom. The highest BCUT2D eigenvalue weighted by molar-refractivity contribution is 5.69. The maximum Gasteiger partial charge on any atom is 0.305 e. The van der Waals surface area contributed by atoms with Crippen LogP contribution in [-0.2, 0) is 9.53 Å². The average Bonchev–Trinajstić information content (AvgIpc) is 3.50. The van der Waals surface area contributed by atoms with Crippen LogP contribution in [0.5, 0.6) is 0 Å². The lowest BCUT2D eigenvalue weighted by atomic mass is 9.47. The van der Waals surface area contributed by atoms with Gasteiger partial charge < -0.3 is 20.1 Å². The van der Waals surface area contributed by atoms with Crippen molar-refractivity contribution in [3.05, 3.63) is 11.6 Å². The number of carbonyl (C=O) groups is 1. The van der Waals surface area contributed by atoms with E-state index in [1.165, 1.54) is 141 Å². The number of aliphatic hydroxyl groups is 3. The van der Waals surface area contributed by atoms with Crippen molar-refractivity contribution < 1.29 is 24.9 Å². The van der Waals surface area contributed by atoms with Gasteiger partial charge in [0.05, 0.1) is 12.7 Å². The molecule has 0 aromatic heterocycles. The zero-order valence-electron chi connectivity index (χ0n) is 35.9. The number of carbonyl (C=O) groups excluding carboxylic acids is 1. The molecule has 5 heteroatoms. The van der Waals surface area contributed by atoms with Crippen molar-refractivity contribution >= 4 is 5.97 Å². The molecule has 0 radical (unpaired) electrons. The summed E-state index contributed by atoms with van der Waals surface area (Å²) in [5.74, 6) is 5.18. The standard InChI is InChI=1S/C27H46O.C21H42O4/c1-18(2)7-6-8-19(3)23-11-12-24-22-10-9-20-17-21(28)13-15-26(20,4)25(22)14-16-27(23,24)5;1-2-3-4-5-6-7-8-9-10-11-12-13-14-15-16-17-21(24)25-19-20(23)18-22/h9,18-19,21-25,28H,6-8,10-17H2,1-5H3;20,22-23H,2-19H2,1H3/t19-,21?,22+,23-,24+,25+,26+,27-;/m1./s1. The molecule has 0 spiro atoms. The molecule has 4 rings (SSSR count). The maximum absolute atomic E-state index is 11.4. The molecule has 3 saturated carbocycles. The van der Waals surface area contributed by atoms with Gasteiger partial charge in [0, 0.05) is 6.42 Å². The van der Waals surface area contributed by atoms with E-state index in [0.29, 0.717) is 17.3 Å². The van der Waals surface area contributed by atoms with Gasteiger partial charge in [-0.3, -0.25) is 4.79 Å². The molecule has 0 aromatic carbocycles. The average molecular weight is 745 g/mol. The first-order chi connectivity index (χ1) is 25.5. The molecule has 0 amide bonds. The first-order valence-corrected chi connectivity index (χ1v) is 23.3. The third kappa shape index (κ3) is 14.8. The maximum atomic E-state index is 11.4. The summed E-state index contributed by atoms with van der Waals surface area (Å²) < 4.78 is 4.86. The molecule has 53 heavy (non-hydrogen) atoms. The van der Waals surface area contributed by atoms with E-state index < -0.39 is 6.10 Å². The first kappa shape index (κ1) is 46.5. The van der Waals surface area contributed by atoms with Crippen LogP contribution in [0.15, 0.2) is 11.6 Å². The minimum Gasteiger partial charge on any atom is -0.463 e. The number of esters is 1. The number of hydrogen-bond donors (Lipinski definition) is 3. The third-order valence-corrected chi connectivity index (χ3v) is 14.9. The van der Waals surface area contributed by atoms with Crippen LogP contribution < -0.4 is 0 Å². The minimum absolute atomic E-state index is 0.0766. The van der Waals surface area contributed by atoms with Crippen LogP contribution in [0, 0.1) is 46.3 Å². The summed E-state index contributed by atoms with van der Waals surface area (Å²) in [6, 6.07) is 0. The molecule has 5 nitrogen and oxygen atoms in total. The lowest BCUT2D eigenvalue weighted by Crippen LogP contribution is -2.50. The molecule has 2 unspecified atom stereocenters. The van der Waals surface area contributed by atoms with Crippen molar-refractivity contribution in [3.8, 4) is 0 Å². The van der Waals surface area contributed by atoms with Gasteiger partial charge in [0.2, 0.25) is 0 Å². The van der Waals surface area contributed by atoms with Crippen molar-refractivity contribution in [1.29, 1.82) is 0 Å². The second-order valence-corrected chi connectivity index (χ2v) is 19.4. The zero-order valence-corrected chi connectivity index (χ0v) is 35.9. The summed E-state index contributed by atoms with van der Waals surface area (Å²) in [4.78, 5) is 11.4. The number of aliphatic hydroxyl groups excluding tert-OH is 3. The van der Waals surface area contributed by atoms with Gasteiger partial charge in [0.1, 0.15) is 12.7 Å². The Morgan fingerprint density at radius 3 is 1.98 bits per heavy atom. The Bertz CT molecular complexity index is 1020.